The molecule has 0 saturated heterocycles. The number of halogens is 2. The molecule has 2 heteroatoms. The maximum absolute atomic E-state index is 13.1. The van der Waals surface area contributed by atoms with Crippen LogP contribution in [0.5, 0.6) is 0 Å². The van der Waals surface area contributed by atoms with Crippen molar-refractivity contribution in [2.75, 3.05) is 0 Å². The van der Waals surface area contributed by atoms with E-state index in [1.807, 2.05) is 0 Å². The van der Waals surface area contributed by atoms with E-state index in [0.717, 1.165) is 0 Å². The maximum atomic E-state index is 13.1. The topological polar surface area (TPSA) is 0 Å². The predicted molar refractivity (Wildman–Crippen MR) is 55.5 cm³/mol. The van der Waals surface area contributed by atoms with Crippen LogP contribution >= 0.6 is 0 Å². The third-order valence-corrected chi connectivity index (χ3v) is 4.21. The lowest BCUT2D eigenvalue weighted by Gasteiger charge is -2.46. The monoisotopic (exact) mass is 204 g/mol. The molecule has 0 N–H and O–H groups in total. The first-order valence-electron chi connectivity index (χ1n) is 5.68. The Morgan fingerprint density at radius 1 is 0.786 bits per heavy atom. The molecule has 14 heavy (non-hydrogen) atoms. The van der Waals surface area contributed by atoms with Gasteiger partial charge in [-0.25, -0.2) is 8.78 Å². The zero-order valence-corrected chi connectivity index (χ0v) is 9.74. The minimum atomic E-state index is -2.40. The van der Waals surface area contributed by atoms with Crippen LogP contribution in [0.2, 0.25) is 0 Å². The molecule has 0 unspecified atom stereocenters. The van der Waals surface area contributed by atoms with E-state index in [-0.39, 0.29) is 18.3 Å². The highest BCUT2D eigenvalue weighted by atomic mass is 19.3. The van der Waals surface area contributed by atoms with Crippen molar-refractivity contribution in [3.63, 3.8) is 0 Å². The van der Waals surface area contributed by atoms with E-state index in [4.69, 9.17) is 0 Å². The van der Waals surface area contributed by atoms with Gasteiger partial charge in [0.25, 0.3) is 0 Å². The van der Waals surface area contributed by atoms with Crippen molar-refractivity contribution in [2.24, 2.45) is 17.3 Å². The zero-order chi connectivity index (χ0) is 11.0. The van der Waals surface area contributed by atoms with Crippen molar-refractivity contribution < 1.29 is 8.78 Å². The molecule has 0 aromatic carbocycles. The number of alkyl halides is 2. The lowest BCUT2D eigenvalue weighted by atomic mass is 9.60. The molecule has 0 nitrogen and oxygen atoms in total. The van der Waals surface area contributed by atoms with Crippen LogP contribution < -0.4 is 0 Å². The highest BCUT2D eigenvalue weighted by Gasteiger charge is 2.46. The van der Waals surface area contributed by atoms with E-state index in [2.05, 4.69) is 27.7 Å². The molecule has 0 aromatic rings. The summed E-state index contributed by atoms with van der Waals surface area (Å²) in [4.78, 5) is 0. The summed E-state index contributed by atoms with van der Waals surface area (Å²) >= 11 is 0. The minimum Gasteiger partial charge on any atom is -0.207 e. The molecular formula is C12H22F2. The first kappa shape index (κ1) is 11.9. The Morgan fingerprint density at radius 2 is 1.14 bits per heavy atom. The molecule has 0 heterocycles. The summed E-state index contributed by atoms with van der Waals surface area (Å²) in [5.74, 6) is -1.37. The van der Waals surface area contributed by atoms with Gasteiger partial charge in [-0.15, -0.1) is 0 Å². The summed E-state index contributed by atoms with van der Waals surface area (Å²) < 4.78 is 26.1. The van der Waals surface area contributed by atoms with Gasteiger partial charge in [0.2, 0.25) is 5.92 Å². The van der Waals surface area contributed by atoms with E-state index in [0.29, 0.717) is 24.7 Å². The standard InChI is InChI=1S/C12H22F2/c1-9(2)11(10(3)4)5-7-12(13,14)8-6-11/h9-10H,5-8H2,1-4H3. The lowest BCUT2D eigenvalue weighted by Crippen LogP contribution is -2.40. The SMILES string of the molecule is CC(C)C1(C(C)C)CCC(F)(F)CC1. The predicted octanol–water partition coefficient (Wildman–Crippen LogP) is 4.49. The second kappa shape index (κ2) is 3.79. The molecule has 0 spiro atoms. The normalized spacial score (nSPS) is 25.7. The van der Waals surface area contributed by atoms with Crippen LogP contribution in [0.4, 0.5) is 8.78 Å². The molecule has 1 saturated carbocycles. The van der Waals surface area contributed by atoms with Crippen molar-refractivity contribution >= 4 is 0 Å². The van der Waals surface area contributed by atoms with Crippen LogP contribution in [0.1, 0.15) is 53.4 Å². The van der Waals surface area contributed by atoms with E-state index >= 15 is 0 Å². The Balaban J connectivity index is 2.75. The fraction of sp³-hybridized carbons (Fsp3) is 1.00. The molecule has 0 radical (unpaired) electrons. The molecule has 0 aliphatic heterocycles. The molecule has 0 amide bonds. The summed E-state index contributed by atoms with van der Waals surface area (Å²) in [7, 11) is 0. The third-order valence-electron chi connectivity index (χ3n) is 4.21. The van der Waals surface area contributed by atoms with E-state index in [1.165, 1.54) is 0 Å². The quantitative estimate of drug-likeness (QED) is 0.621. The van der Waals surface area contributed by atoms with Crippen molar-refractivity contribution in [3.8, 4) is 0 Å². The van der Waals surface area contributed by atoms with E-state index < -0.39 is 5.92 Å². The van der Waals surface area contributed by atoms with Gasteiger partial charge in [0.05, 0.1) is 0 Å². The summed E-state index contributed by atoms with van der Waals surface area (Å²) in [6, 6.07) is 0. The molecular weight excluding hydrogens is 182 g/mol. The summed E-state index contributed by atoms with van der Waals surface area (Å²) in [6.07, 6.45) is 1.55. The maximum Gasteiger partial charge on any atom is 0.248 e. The lowest BCUT2D eigenvalue weighted by molar-refractivity contribution is -0.0909. The Hall–Kier alpha value is -0.140. The van der Waals surface area contributed by atoms with Crippen LogP contribution in [-0.4, -0.2) is 5.92 Å². The molecule has 1 aliphatic carbocycles. The fourth-order valence-corrected chi connectivity index (χ4v) is 2.90. The largest absolute Gasteiger partial charge is 0.248 e. The molecule has 1 aliphatic rings. The van der Waals surface area contributed by atoms with Crippen LogP contribution in [0.15, 0.2) is 0 Å². The molecule has 1 rings (SSSR count). The van der Waals surface area contributed by atoms with Gasteiger partial charge in [0, 0.05) is 12.8 Å². The van der Waals surface area contributed by atoms with Crippen molar-refractivity contribution in [1.29, 1.82) is 0 Å². The van der Waals surface area contributed by atoms with Gasteiger partial charge < -0.3 is 0 Å². The second-order valence-corrected chi connectivity index (χ2v) is 5.40. The molecule has 0 bridgehead atoms. The molecule has 84 valence electrons. The van der Waals surface area contributed by atoms with Gasteiger partial charge in [0.15, 0.2) is 0 Å². The highest BCUT2D eigenvalue weighted by Crippen LogP contribution is 2.51. The third kappa shape index (κ3) is 2.09. The number of hydrogen-bond donors (Lipinski definition) is 0. The van der Waals surface area contributed by atoms with Gasteiger partial charge >= 0.3 is 0 Å². The number of rotatable bonds is 2. The van der Waals surface area contributed by atoms with Crippen LogP contribution in [0.3, 0.4) is 0 Å². The van der Waals surface area contributed by atoms with Crippen molar-refractivity contribution in [1.82, 2.24) is 0 Å². The smallest absolute Gasteiger partial charge is 0.207 e. The van der Waals surface area contributed by atoms with Gasteiger partial charge in [-0.05, 0) is 30.1 Å². The van der Waals surface area contributed by atoms with Crippen molar-refractivity contribution in [3.05, 3.63) is 0 Å². The first-order chi connectivity index (χ1) is 6.30. The van der Waals surface area contributed by atoms with Crippen LogP contribution in [0, 0.1) is 17.3 Å². The second-order valence-electron chi connectivity index (χ2n) is 5.40. The fourth-order valence-electron chi connectivity index (χ4n) is 2.90. The van der Waals surface area contributed by atoms with Crippen molar-refractivity contribution in [2.45, 2.75) is 59.3 Å². The Kier molecular flexibility index (Phi) is 3.23. The average Bonchev–Trinajstić information content (AvgIpc) is 2.03. The average molecular weight is 204 g/mol. The minimum absolute atomic E-state index is 0.0867. The summed E-state index contributed by atoms with van der Waals surface area (Å²) in [6.45, 7) is 8.68. The van der Waals surface area contributed by atoms with Crippen LogP contribution in [-0.2, 0) is 0 Å². The van der Waals surface area contributed by atoms with Gasteiger partial charge in [-0.2, -0.15) is 0 Å². The van der Waals surface area contributed by atoms with E-state index in [9.17, 15) is 8.78 Å². The molecule has 0 atom stereocenters. The molecule has 0 aromatic heterocycles. The first-order valence-corrected chi connectivity index (χ1v) is 5.68. The zero-order valence-electron chi connectivity index (χ0n) is 9.74. The van der Waals surface area contributed by atoms with Gasteiger partial charge in [0.1, 0.15) is 0 Å². The summed E-state index contributed by atoms with van der Waals surface area (Å²) in [5.41, 5.74) is 0.154. The van der Waals surface area contributed by atoms with Crippen LogP contribution in [0.25, 0.3) is 0 Å². The molecule has 1 fully saturated rings. The Labute approximate surface area is 86.1 Å². The van der Waals surface area contributed by atoms with Gasteiger partial charge in [-0.3, -0.25) is 0 Å². The number of hydrogen-bond acceptors (Lipinski definition) is 0. The van der Waals surface area contributed by atoms with E-state index in [1.54, 1.807) is 0 Å². The Bertz CT molecular complexity index is 174. The van der Waals surface area contributed by atoms with Gasteiger partial charge in [-0.1, -0.05) is 27.7 Å². The summed E-state index contributed by atoms with van der Waals surface area (Å²) in [5, 5.41) is 0. The Morgan fingerprint density at radius 3 is 1.43 bits per heavy atom. The highest BCUT2D eigenvalue weighted by molar-refractivity contribution is 4.92.